The zero-order chi connectivity index (χ0) is 19.9. The van der Waals surface area contributed by atoms with E-state index in [1.165, 1.54) is 56.9 Å². The number of phenolic OH excluding ortho intramolecular Hbond substituents is 1. The number of hydrogen-bond acceptors (Lipinski definition) is 3. The number of unbranched alkanes of at least 4 members (excludes halogenated alkanes) is 3. The summed E-state index contributed by atoms with van der Waals surface area (Å²) in [6.45, 7) is 6.62. The fourth-order valence-electron chi connectivity index (χ4n) is 6.21. The summed E-state index contributed by atoms with van der Waals surface area (Å²) in [5, 5.41) is 21.3. The molecular weight excluding hydrogens is 348 g/mol. The van der Waals surface area contributed by atoms with Crippen LogP contribution in [-0.4, -0.2) is 21.9 Å². The predicted molar refractivity (Wildman–Crippen MR) is 113 cm³/mol. The number of phenols is 1. The van der Waals surface area contributed by atoms with E-state index in [0.29, 0.717) is 11.7 Å². The molecule has 0 radical (unpaired) electrons. The molecule has 0 spiro atoms. The zero-order valence-corrected chi connectivity index (χ0v) is 18.0. The van der Waals surface area contributed by atoms with Crippen molar-refractivity contribution in [2.24, 2.45) is 5.92 Å². The number of rotatable bonds is 6. The maximum absolute atomic E-state index is 11.1. The highest BCUT2D eigenvalue weighted by Crippen LogP contribution is 2.57. The van der Waals surface area contributed by atoms with Crippen molar-refractivity contribution in [3.63, 3.8) is 0 Å². The molecule has 28 heavy (non-hydrogen) atoms. The van der Waals surface area contributed by atoms with Gasteiger partial charge in [0.25, 0.3) is 0 Å². The summed E-state index contributed by atoms with van der Waals surface area (Å²) in [5.41, 5.74) is 2.21. The molecule has 0 amide bonds. The third-order valence-electron chi connectivity index (χ3n) is 8.01. The number of aliphatic hydroxyl groups is 1. The van der Waals surface area contributed by atoms with Gasteiger partial charge in [-0.05, 0) is 75.5 Å². The second kappa shape index (κ2) is 7.55. The van der Waals surface area contributed by atoms with Crippen LogP contribution in [0.15, 0.2) is 12.1 Å². The van der Waals surface area contributed by atoms with Crippen molar-refractivity contribution in [3.8, 4) is 11.5 Å². The minimum atomic E-state index is -0.265. The van der Waals surface area contributed by atoms with Crippen LogP contribution in [0, 0.1) is 5.92 Å². The van der Waals surface area contributed by atoms with E-state index in [9.17, 15) is 10.2 Å². The van der Waals surface area contributed by atoms with E-state index in [1.807, 2.05) is 6.07 Å². The molecule has 2 aliphatic carbocycles. The summed E-state index contributed by atoms with van der Waals surface area (Å²) in [6.07, 6.45) is 12.4. The van der Waals surface area contributed by atoms with E-state index in [1.54, 1.807) is 0 Å². The van der Waals surface area contributed by atoms with Gasteiger partial charge in [-0.15, -0.1) is 0 Å². The third-order valence-corrected chi connectivity index (χ3v) is 8.01. The Bertz CT molecular complexity index is 704. The second-order valence-electron chi connectivity index (χ2n) is 10.2. The Morgan fingerprint density at radius 2 is 1.89 bits per heavy atom. The standard InChI is InChI=1S/C25H38O3/c1-4-5-6-7-11-25(12-8-13-25)17-14-21(27)23-19-16-18(26)9-10-20(19)24(2,3)28-22(23)15-17/h14-15,18-20,26-27H,4-13,16H2,1-3H3. The molecule has 1 aromatic carbocycles. The number of fused-ring (bicyclic) bond motifs is 3. The fourth-order valence-corrected chi connectivity index (χ4v) is 6.21. The average Bonchev–Trinajstić information content (AvgIpc) is 2.59. The molecule has 2 saturated carbocycles. The van der Waals surface area contributed by atoms with E-state index in [0.717, 1.165) is 30.6 Å². The second-order valence-corrected chi connectivity index (χ2v) is 10.2. The van der Waals surface area contributed by atoms with Gasteiger partial charge in [-0.3, -0.25) is 0 Å². The van der Waals surface area contributed by atoms with Crippen molar-refractivity contribution in [3.05, 3.63) is 23.3 Å². The first-order valence-corrected chi connectivity index (χ1v) is 11.6. The summed E-state index contributed by atoms with van der Waals surface area (Å²) in [6, 6.07) is 4.28. The molecule has 156 valence electrons. The Balaban J connectivity index is 1.66. The molecule has 3 unspecified atom stereocenters. The molecular formula is C25H38O3. The van der Waals surface area contributed by atoms with Crippen molar-refractivity contribution in [2.75, 3.05) is 0 Å². The van der Waals surface area contributed by atoms with Crippen LogP contribution in [0.4, 0.5) is 0 Å². The van der Waals surface area contributed by atoms with Crippen molar-refractivity contribution in [1.29, 1.82) is 0 Å². The van der Waals surface area contributed by atoms with Gasteiger partial charge in [0.1, 0.15) is 17.1 Å². The lowest BCUT2D eigenvalue weighted by Gasteiger charge is -2.49. The first kappa shape index (κ1) is 20.1. The van der Waals surface area contributed by atoms with Crippen molar-refractivity contribution in [1.82, 2.24) is 0 Å². The minimum absolute atomic E-state index is 0.193. The topological polar surface area (TPSA) is 49.7 Å². The molecule has 3 heteroatoms. The molecule has 3 atom stereocenters. The average molecular weight is 387 g/mol. The molecule has 3 nitrogen and oxygen atoms in total. The van der Waals surface area contributed by atoms with E-state index in [2.05, 4.69) is 26.8 Å². The molecule has 0 saturated heterocycles. The monoisotopic (exact) mass is 386 g/mol. The molecule has 1 aliphatic heterocycles. The van der Waals surface area contributed by atoms with Crippen LogP contribution in [0.5, 0.6) is 11.5 Å². The van der Waals surface area contributed by atoms with Crippen molar-refractivity contribution in [2.45, 2.75) is 114 Å². The van der Waals surface area contributed by atoms with Gasteiger partial charge in [-0.25, -0.2) is 0 Å². The Hall–Kier alpha value is -1.22. The van der Waals surface area contributed by atoms with E-state index >= 15 is 0 Å². The summed E-state index contributed by atoms with van der Waals surface area (Å²) in [4.78, 5) is 0. The van der Waals surface area contributed by atoms with E-state index < -0.39 is 0 Å². The Labute approximate surface area is 170 Å². The lowest BCUT2D eigenvalue weighted by Crippen LogP contribution is -2.47. The van der Waals surface area contributed by atoms with E-state index in [-0.39, 0.29) is 23.0 Å². The van der Waals surface area contributed by atoms with Crippen LogP contribution in [0.25, 0.3) is 0 Å². The normalized spacial score (nSPS) is 29.9. The summed E-state index contributed by atoms with van der Waals surface area (Å²) >= 11 is 0. The Morgan fingerprint density at radius 3 is 2.57 bits per heavy atom. The summed E-state index contributed by atoms with van der Waals surface area (Å²) < 4.78 is 6.51. The van der Waals surface area contributed by atoms with Crippen LogP contribution in [-0.2, 0) is 5.41 Å². The van der Waals surface area contributed by atoms with Gasteiger partial charge < -0.3 is 14.9 Å². The van der Waals surface area contributed by atoms with Gasteiger partial charge in [-0.2, -0.15) is 0 Å². The van der Waals surface area contributed by atoms with Gasteiger partial charge in [-0.1, -0.05) is 39.0 Å². The van der Waals surface area contributed by atoms with Crippen LogP contribution >= 0.6 is 0 Å². The minimum Gasteiger partial charge on any atom is -0.508 e. The van der Waals surface area contributed by atoms with Crippen LogP contribution in [0.2, 0.25) is 0 Å². The smallest absolute Gasteiger partial charge is 0.127 e. The molecule has 1 aromatic rings. The zero-order valence-electron chi connectivity index (χ0n) is 18.0. The molecule has 2 fully saturated rings. The summed E-state index contributed by atoms with van der Waals surface area (Å²) in [7, 11) is 0. The molecule has 0 aromatic heterocycles. The highest BCUT2D eigenvalue weighted by molar-refractivity contribution is 5.54. The van der Waals surface area contributed by atoms with E-state index in [4.69, 9.17) is 4.74 Å². The number of ether oxygens (including phenoxy) is 1. The first-order valence-electron chi connectivity index (χ1n) is 11.6. The number of hydrogen-bond donors (Lipinski definition) is 2. The van der Waals surface area contributed by atoms with Gasteiger partial charge in [0, 0.05) is 17.4 Å². The maximum atomic E-state index is 11.1. The van der Waals surface area contributed by atoms with Crippen molar-refractivity contribution >= 4 is 0 Å². The lowest BCUT2D eigenvalue weighted by molar-refractivity contribution is -0.0318. The van der Waals surface area contributed by atoms with Gasteiger partial charge in [0.2, 0.25) is 0 Å². The highest BCUT2D eigenvalue weighted by Gasteiger charge is 2.48. The third kappa shape index (κ3) is 3.44. The molecule has 3 aliphatic rings. The first-order chi connectivity index (χ1) is 13.4. The predicted octanol–water partition coefficient (Wildman–Crippen LogP) is 6.20. The lowest BCUT2D eigenvalue weighted by atomic mass is 9.61. The fraction of sp³-hybridized carbons (Fsp3) is 0.760. The van der Waals surface area contributed by atoms with Crippen molar-refractivity contribution < 1.29 is 14.9 Å². The van der Waals surface area contributed by atoms with Crippen LogP contribution in [0.3, 0.4) is 0 Å². The number of aromatic hydroxyl groups is 1. The van der Waals surface area contributed by atoms with Crippen LogP contribution < -0.4 is 4.74 Å². The number of aliphatic hydroxyl groups excluding tert-OH is 1. The number of benzene rings is 1. The molecule has 0 bridgehead atoms. The largest absolute Gasteiger partial charge is 0.508 e. The van der Waals surface area contributed by atoms with Gasteiger partial charge in [0.15, 0.2) is 0 Å². The Kier molecular flexibility index (Phi) is 5.41. The molecule has 1 heterocycles. The Morgan fingerprint density at radius 1 is 1.11 bits per heavy atom. The maximum Gasteiger partial charge on any atom is 0.127 e. The quantitative estimate of drug-likeness (QED) is 0.572. The van der Waals surface area contributed by atoms with Gasteiger partial charge >= 0.3 is 0 Å². The molecule has 2 N–H and O–H groups in total. The molecule has 4 rings (SSSR count). The highest BCUT2D eigenvalue weighted by atomic mass is 16.5. The SMILES string of the molecule is CCCCCCC1(c2cc(O)c3c(c2)OC(C)(C)C2CCC(O)CC32)CCC1. The summed E-state index contributed by atoms with van der Waals surface area (Å²) in [5.74, 6) is 1.81. The van der Waals surface area contributed by atoms with Crippen LogP contribution in [0.1, 0.15) is 108 Å². The van der Waals surface area contributed by atoms with Gasteiger partial charge in [0.05, 0.1) is 6.10 Å².